The van der Waals surface area contributed by atoms with Crippen LogP contribution in [0.1, 0.15) is 39.2 Å². The molecule has 1 aliphatic rings. The van der Waals surface area contributed by atoms with Gasteiger partial charge in [-0.25, -0.2) is 0 Å². The number of nitrogens with one attached hydrogen (secondary N) is 1. The van der Waals surface area contributed by atoms with Gasteiger partial charge in [0.15, 0.2) is 6.61 Å². The SMILES string of the molecule is CC(C)(C)c1ccccc1OCC(=O)NC[C@H]1CCCO1. The summed E-state index contributed by atoms with van der Waals surface area (Å²) in [4.78, 5) is 11.8. The molecule has 0 aliphatic carbocycles. The van der Waals surface area contributed by atoms with Crippen LogP contribution in [-0.4, -0.2) is 31.8 Å². The Bertz CT molecular complexity index is 473. The molecule has 1 fully saturated rings. The average Bonchev–Trinajstić information content (AvgIpc) is 2.95. The molecule has 1 heterocycles. The lowest BCUT2D eigenvalue weighted by Crippen LogP contribution is -2.35. The molecule has 0 saturated carbocycles. The van der Waals surface area contributed by atoms with Crippen LogP contribution in [0.4, 0.5) is 0 Å². The third kappa shape index (κ3) is 4.74. The summed E-state index contributed by atoms with van der Waals surface area (Å²) in [7, 11) is 0. The lowest BCUT2D eigenvalue weighted by molar-refractivity contribution is -0.123. The minimum Gasteiger partial charge on any atom is -0.483 e. The zero-order valence-corrected chi connectivity index (χ0v) is 13.1. The number of hydrogen-bond acceptors (Lipinski definition) is 3. The molecule has 0 bridgehead atoms. The molecule has 1 saturated heterocycles. The highest BCUT2D eigenvalue weighted by atomic mass is 16.5. The van der Waals surface area contributed by atoms with E-state index in [1.165, 1.54) is 0 Å². The monoisotopic (exact) mass is 291 g/mol. The van der Waals surface area contributed by atoms with Crippen LogP contribution < -0.4 is 10.1 Å². The predicted molar refractivity (Wildman–Crippen MR) is 82.6 cm³/mol. The fourth-order valence-corrected chi connectivity index (χ4v) is 2.44. The first-order valence-electron chi connectivity index (χ1n) is 7.57. The summed E-state index contributed by atoms with van der Waals surface area (Å²) in [6.45, 7) is 7.81. The Morgan fingerprint density at radius 2 is 2.14 bits per heavy atom. The Kier molecular flexibility index (Phi) is 5.23. The van der Waals surface area contributed by atoms with E-state index in [-0.39, 0.29) is 24.0 Å². The third-order valence-electron chi connectivity index (χ3n) is 3.60. The number of carbonyl (C=O) groups is 1. The molecule has 2 rings (SSSR count). The maximum atomic E-state index is 11.8. The highest BCUT2D eigenvalue weighted by Crippen LogP contribution is 2.30. The number of amides is 1. The molecule has 4 nitrogen and oxygen atoms in total. The maximum absolute atomic E-state index is 11.8. The molecule has 0 aromatic heterocycles. The second kappa shape index (κ2) is 6.94. The van der Waals surface area contributed by atoms with E-state index in [1.807, 2.05) is 24.3 Å². The van der Waals surface area contributed by atoms with Gasteiger partial charge in [-0.05, 0) is 29.9 Å². The Balaban J connectivity index is 1.83. The van der Waals surface area contributed by atoms with Crippen LogP contribution in [0.5, 0.6) is 5.75 Å². The molecular formula is C17H25NO3. The smallest absolute Gasteiger partial charge is 0.258 e. The second-order valence-corrected chi connectivity index (χ2v) is 6.47. The fourth-order valence-electron chi connectivity index (χ4n) is 2.44. The minimum absolute atomic E-state index is 0.00917. The Morgan fingerprint density at radius 1 is 1.38 bits per heavy atom. The number of benzene rings is 1. The second-order valence-electron chi connectivity index (χ2n) is 6.47. The summed E-state index contributed by atoms with van der Waals surface area (Å²) >= 11 is 0. The van der Waals surface area contributed by atoms with E-state index in [0.29, 0.717) is 6.54 Å². The molecule has 4 heteroatoms. The first-order valence-corrected chi connectivity index (χ1v) is 7.57. The quantitative estimate of drug-likeness (QED) is 0.907. The van der Waals surface area contributed by atoms with Crippen LogP contribution in [0.25, 0.3) is 0 Å². The van der Waals surface area contributed by atoms with Crippen molar-refractivity contribution < 1.29 is 14.3 Å². The van der Waals surface area contributed by atoms with Gasteiger partial charge in [0.25, 0.3) is 5.91 Å². The number of ether oxygens (including phenoxy) is 2. The zero-order valence-electron chi connectivity index (χ0n) is 13.1. The van der Waals surface area contributed by atoms with Crippen LogP contribution in [-0.2, 0) is 14.9 Å². The van der Waals surface area contributed by atoms with E-state index in [0.717, 1.165) is 30.8 Å². The average molecular weight is 291 g/mol. The Labute approximate surface area is 126 Å². The van der Waals surface area contributed by atoms with Gasteiger partial charge >= 0.3 is 0 Å². The topological polar surface area (TPSA) is 47.6 Å². The molecule has 1 aliphatic heterocycles. The van der Waals surface area contributed by atoms with E-state index < -0.39 is 0 Å². The third-order valence-corrected chi connectivity index (χ3v) is 3.60. The molecule has 21 heavy (non-hydrogen) atoms. The van der Waals surface area contributed by atoms with E-state index in [4.69, 9.17) is 9.47 Å². The zero-order chi connectivity index (χ0) is 15.3. The van der Waals surface area contributed by atoms with Crippen molar-refractivity contribution in [3.63, 3.8) is 0 Å². The fraction of sp³-hybridized carbons (Fsp3) is 0.588. The maximum Gasteiger partial charge on any atom is 0.258 e. The molecule has 0 unspecified atom stereocenters. The van der Waals surface area contributed by atoms with Crippen LogP contribution in [0.3, 0.4) is 0 Å². The standard InChI is InChI=1S/C17H25NO3/c1-17(2,3)14-8-4-5-9-15(14)21-12-16(19)18-11-13-7-6-10-20-13/h4-5,8-9,13H,6-7,10-12H2,1-3H3,(H,18,19)/t13-/m1/s1. The molecule has 1 amide bonds. The predicted octanol–water partition coefficient (Wildman–Crippen LogP) is 2.66. The minimum atomic E-state index is -0.103. The summed E-state index contributed by atoms with van der Waals surface area (Å²) in [6.07, 6.45) is 2.26. The summed E-state index contributed by atoms with van der Waals surface area (Å²) in [6, 6.07) is 7.87. The molecule has 1 atom stereocenters. The Hall–Kier alpha value is -1.55. The lowest BCUT2D eigenvalue weighted by Gasteiger charge is -2.22. The van der Waals surface area contributed by atoms with Crippen LogP contribution >= 0.6 is 0 Å². The molecule has 1 aromatic rings. The highest BCUT2D eigenvalue weighted by Gasteiger charge is 2.19. The van der Waals surface area contributed by atoms with Gasteiger partial charge in [0, 0.05) is 13.2 Å². The molecule has 1 aromatic carbocycles. The normalized spacial score (nSPS) is 18.5. The van der Waals surface area contributed by atoms with Gasteiger partial charge in [0.05, 0.1) is 6.10 Å². The van der Waals surface area contributed by atoms with Crippen molar-refractivity contribution in [2.24, 2.45) is 0 Å². The summed E-state index contributed by atoms with van der Waals surface area (Å²) in [5, 5.41) is 2.86. The van der Waals surface area contributed by atoms with Crippen molar-refractivity contribution in [1.82, 2.24) is 5.32 Å². The summed E-state index contributed by atoms with van der Waals surface area (Å²) in [5.74, 6) is 0.673. The van der Waals surface area contributed by atoms with E-state index in [2.05, 4.69) is 26.1 Å². The highest BCUT2D eigenvalue weighted by molar-refractivity contribution is 5.77. The largest absolute Gasteiger partial charge is 0.483 e. The van der Waals surface area contributed by atoms with Gasteiger partial charge in [-0.3, -0.25) is 4.79 Å². The molecular weight excluding hydrogens is 266 g/mol. The van der Waals surface area contributed by atoms with Crippen molar-refractivity contribution >= 4 is 5.91 Å². The summed E-state index contributed by atoms with van der Waals surface area (Å²) < 4.78 is 11.2. The van der Waals surface area contributed by atoms with Crippen molar-refractivity contribution in [3.8, 4) is 5.75 Å². The van der Waals surface area contributed by atoms with Crippen LogP contribution in [0.15, 0.2) is 24.3 Å². The van der Waals surface area contributed by atoms with Crippen molar-refractivity contribution in [2.75, 3.05) is 19.8 Å². The first kappa shape index (κ1) is 15.8. The van der Waals surface area contributed by atoms with E-state index in [1.54, 1.807) is 0 Å². The molecule has 0 spiro atoms. The Morgan fingerprint density at radius 3 is 2.81 bits per heavy atom. The van der Waals surface area contributed by atoms with Crippen molar-refractivity contribution in [3.05, 3.63) is 29.8 Å². The van der Waals surface area contributed by atoms with Gasteiger partial charge in [-0.1, -0.05) is 39.0 Å². The van der Waals surface area contributed by atoms with Crippen LogP contribution in [0.2, 0.25) is 0 Å². The lowest BCUT2D eigenvalue weighted by atomic mass is 9.86. The number of para-hydroxylation sites is 1. The molecule has 0 radical (unpaired) electrons. The van der Waals surface area contributed by atoms with Gasteiger partial charge in [-0.15, -0.1) is 0 Å². The molecule has 1 N–H and O–H groups in total. The van der Waals surface area contributed by atoms with Gasteiger partial charge < -0.3 is 14.8 Å². The van der Waals surface area contributed by atoms with Crippen molar-refractivity contribution in [2.45, 2.75) is 45.1 Å². The van der Waals surface area contributed by atoms with Crippen LogP contribution in [0, 0.1) is 0 Å². The molecule has 116 valence electrons. The van der Waals surface area contributed by atoms with Crippen molar-refractivity contribution in [1.29, 1.82) is 0 Å². The first-order chi connectivity index (χ1) is 9.97. The van der Waals surface area contributed by atoms with Gasteiger partial charge in [0.1, 0.15) is 5.75 Å². The van der Waals surface area contributed by atoms with Gasteiger partial charge in [0.2, 0.25) is 0 Å². The van der Waals surface area contributed by atoms with E-state index >= 15 is 0 Å². The summed E-state index contributed by atoms with van der Waals surface area (Å²) in [5.41, 5.74) is 1.10. The van der Waals surface area contributed by atoms with Gasteiger partial charge in [-0.2, -0.15) is 0 Å². The number of hydrogen-bond donors (Lipinski definition) is 1. The van der Waals surface area contributed by atoms with E-state index in [9.17, 15) is 4.79 Å². The number of carbonyl (C=O) groups excluding carboxylic acids is 1. The number of rotatable bonds is 5.